The average Bonchev–Trinajstić information content (AvgIpc) is 2.96. The number of halogens is 2. The van der Waals surface area contributed by atoms with Crippen molar-refractivity contribution in [1.29, 1.82) is 0 Å². The highest BCUT2D eigenvalue weighted by molar-refractivity contribution is 7.92. The zero-order chi connectivity index (χ0) is 28.7. The van der Waals surface area contributed by atoms with Crippen molar-refractivity contribution in [2.24, 2.45) is 0 Å². The van der Waals surface area contributed by atoms with Crippen molar-refractivity contribution in [2.75, 3.05) is 10.8 Å². The van der Waals surface area contributed by atoms with E-state index in [0.717, 1.165) is 36.4 Å². The fraction of sp³-hybridized carbons (Fsp3) is 0.333. The molecule has 2 amide bonds. The third kappa shape index (κ3) is 7.16. The van der Waals surface area contributed by atoms with Crippen molar-refractivity contribution in [2.45, 2.75) is 62.6 Å². The van der Waals surface area contributed by atoms with E-state index in [1.165, 1.54) is 17.0 Å². The molecule has 4 rings (SSSR count). The topological polar surface area (TPSA) is 86.8 Å². The number of amides is 2. The second kappa shape index (κ2) is 13.5. The van der Waals surface area contributed by atoms with Gasteiger partial charge in [0.25, 0.3) is 10.0 Å². The Balaban J connectivity index is 1.68. The van der Waals surface area contributed by atoms with E-state index >= 15 is 0 Å². The van der Waals surface area contributed by atoms with Gasteiger partial charge in [-0.05, 0) is 56.2 Å². The maximum absolute atomic E-state index is 14.0. The minimum absolute atomic E-state index is 0.0452. The number of para-hydroxylation sites is 1. The second-order valence-electron chi connectivity index (χ2n) is 9.90. The summed E-state index contributed by atoms with van der Waals surface area (Å²) in [5.41, 5.74) is 0.809. The van der Waals surface area contributed by atoms with Gasteiger partial charge in [-0.2, -0.15) is 0 Å². The quantitative estimate of drug-likeness (QED) is 0.306. The van der Waals surface area contributed by atoms with Crippen LogP contribution in [0.4, 0.5) is 5.69 Å². The normalized spacial score (nSPS) is 14.8. The van der Waals surface area contributed by atoms with E-state index in [0.29, 0.717) is 21.3 Å². The van der Waals surface area contributed by atoms with E-state index in [-0.39, 0.29) is 23.4 Å². The number of anilines is 1. The molecule has 3 aromatic carbocycles. The lowest BCUT2D eigenvalue weighted by molar-refractivity contribution is -0.139. The summed E-state index contributed by atoms with van der Waals surface area (Å²) < 4.78 is 28.6. The number of benzene rings is 3. The van der Waals surface area contributed by atoms with Crippen LogP contribution >= 0.6 is 23.2 Å². The van der Waals surface area contributed by atoms with Gasteiger partial charge < -0.3 is 10.2 Å². The second-order valence-corrected chi connectivity index (χ2v) is 12.6. The van der Waals surface area contributed by atoms with Gasteiger partial charge in [0.2, 0.25) is 11.8 Å². The highest BCUT2D eigenvalue weighted by Crippen LogP contribution is 2.28. The summed E-state index contributed by atoms with van der Waals surface area (Å²) in [6.07, 6.45) is 5.00. The summed E-state index contributed by atoms with van der Waals surface area (Å²) in [5.74, 6) is -0.869. The van der Waals surface area contributed by atoms with Crippen molar-refractivity contribution in [3.8, 4) is 0 Å². The van der Waals surface area contributed by atoms with Gasteiger partial charge in [-0.25, -0.2) is 8.42 Å². The SMILES string of the molecule is C[C@H](C(=O)NC1CCCCC1)N(Cc1c(Cl)cccc1Cl)C(=O)CN(c1ccccc1)S(=O)(=O)c1ccccc1. The third-order valence-corrected chi connectivity index (χ3v) is 9.66. The Morgan fingerprint density at radius 1 is 0.875 bits per heavy atom. The van der Waals surface area contributed by atoms with Crippen LogP contribution in [0.1, 0.15) is 44.6 Å². The Bertz CT molecular complexity index is 1400. The van der Waals surface area contributed by atoms with Crippen molar-refractivity contribution in [3.63, 3.8) is 0 Å². The molecule has 0 heterocycles. The standard InChI is InChI=1S/C30H33Cl2N3O4S/c1-22(30(37)33-23-12-5-2-6-13-23)34(20-26-27(31)18-11-19-28(26)32)29(36)21-35(24-14-7-3-8-15-24)40(38,39)25-16-9-4-10-17-25/h3-4,7-11,14-19,22-23H,2,5-6,12-13,20-21H2,1H3,(H,33,37)/t22-/m1/s1. The van der Waals surface area contributed by atoms with Crippen LogP contribution in [0.2, 0.25) is 10.0 Å². The summed E-state index contributed by atoms with van der Waals surface area (Å²) in [4.78, 5) is 28.8. The van der Waals surface area contributed by atoms with Crippen LogP contribution in [0.25, 0.3) is 0 Å². The molecule has 0 radical (unpaired) electrons. The lowest BCUT2D eigenvalue weighted by atomic mass is 9.95. The number of rotatable bonds is 10. The Morgan fingerprint density at radius 3 is 2.05 bits per heavy atom. The molecule has 1 saturated carbocycles. The number of carbonyl (C=O) groups excluding carboxylic acids is 2. The number of sulfonamides is 1. The molecule has 7 nitrogen and oxygen atoms in total. The fourth-order valence-corrected chi connectivity index (χ4v) is 6.80. The molecule has 1 fully saturated rings. The van der Waals surface area contributed by atoms with Crippen LogP contribution in [-0.2, 0) is 26.2 Å². The third-order valence-electron chi connectivity index (χ3n) is 7.16. The summed E-state index contributed by atoms with van der Waals surface area (Å²) >= 11 is 12.9. The predicted molar refractivity (Wildman–Crippen MR) is 159 cm³/mol. The highest BCUT2D eigenvalue weighted by atomic mass is 35.5. The maximum Gasteiger partial charge on any atom is 0.264 e. The summed E-state index contributed by atoms with van der Waals surface area (Å²) in [6, 6.07) is 20.5. The number of hydrogen-bond acceptors (Lipinski definition) is 4. The smallest absolute Gasteiger partial charge is 0.264 e. The monoisotopic (exact) mass is 601 g/mol. The Morgan fingerprint density at radius 2 is 1.45 bits per heavy atom. The number of hydrogen-bond donors (Lipinski definition) is 1. The molecule has 40 heavy (non-hydrogen) atoms. The zero-order valence-electron chi connectivity index (χ0n) is 22.3. The molecule has 1 aliphatic carbocycles. The van der Waals surface area contributed by atoms with E-state index in [2.05, 4.69) is 5.32 Å². The van der Waals surface area contributed by atoms with Crippen molar-refractivity contribution in [3.05, 3.63) is 94.5 Å². The molecule has 0 unspecified atom stereocenters. The lowest BCUT2D eigenvalue weighted by Gasteiger charge is -2.33. The van der Waals surface area contributed by atoms with Gasteiger partial charge in [-0.1, -0.05) is 84.9 Å². The molecule has 0 saturated heterocycles. The number of nitrogens with one attached hydrogen (secondary N) is 1. The van der Waals surface area contributed by atoms with E-state index in [1.807, 2.05) is 0 Å². The minimum Gasteiger partial charge on any atom is -0.352 e. The van der Waals surface area contributed by atoms with Crippen LogP contribution < -0.4 is 9.62 Å². The average molecular weight is 603 g/mol. The maximum atomic E-state index is 14.0. The van der Waals surface area contributed by atoms with E-state index in [1.54, 1.807) is 73.7 Å². The first-order valence-electron chi connectivity index (χ1n) is 13.3. The molecular formula is C30H33Cl2N3O4S. The van der Waals surface area contributed by atoms with Gasteiger partial charge in [-0.3, -0.25) is 13.9 Å². The van der Waals surface area contributed by atoms with Gasteiger partial charge in [0.15, 0.2) is 0 Å². The Kier molecular flexibility index (Phi) is 10.1. The van der Waals surface area contributed by atoms with Crippen molar-refractivity contribution in [1.82, 2.24) is 10.2 Å². The highest BCUT2D eigenvalue weighted by Gasteiger charge is 2.33. The van der Waals surface area contributed by atoms with Crippen LogP contribution in [0, 0.1) is 0 Å². The summed E-state index contributed by atoms with van der Waals surface area (Å²) in [6.45, 7) is 1.05. The number of nitrogens with zero attached hydrogens (tertiary/aromatic N) is 2. The van der Waals surface area contributed by atoms with Gasteiger partial charge in [0.1, 0.15) is 12.6 Å². The zero-order valence-corrected chi connectivity index (χ0v) is 24.6. The lowest BCUT2D eigenvalue weighted by Crippen LogP contribution is -2.53. The first-order chi connectivity index (χ1) is 19.2. The van der Waals surface area contributed by atoms with E-state index in [4.69, 9.17) is 23.2 Å². The van der Waals surface area contributed by atoms with Gasteiger partial charge in [0, 0.05) is 28.2 Å². The summed E-state index contributed by atoms with van der Waals surface area (Å²) in [5, 5.41) is 3.78. The molecule has 1 aliphatic rings. The molecule has 1 N–H and O–H groups in total. The van der Waals surface area contributed by atoms with E-state index < -0.39 is 28.5 Å². The molecule has 0 bridgehead atoms. The van der Waals surface area contributed by atoms with Crippen LogP contribution in [0.5, 0.6) is 0 Å². The molecule has 1 atom stereocenters. The number of carbonyl (C=O) groups is 2. The van der Waals surface area contributed by atoms with Crippen molar-refractivity contribution >= 4 is 50.7 Å². The Labute approximate surface area is 246 Å². The van der Waals surface area contributed by atoms with Crippen molar-refractivity contribution < 1.29 is 18.0 Å². The molecule has 0 spiro atoms. The van der Waals surface area contributed by atoms with E-state index in [9.17, 15) is 18.0 Å². The summed E-state index contributed by atoms with van der Waals surface area (Å²) in [7, 11) is -4.11. The van der Waals surface area contributed by atoms with Gasteiger partial charge in [-0.15, -0.1) is 0 Å². The fourth-order valence-electron chi connectivity index (χ4n) is 4.85. The first kappa shape index (κ1) is 29.9. The van der Waals surface area contributed by atoms with Crippen LogP contribution in [0.15, 0.2) is 83.8 Å². The molecule has 3 aromatic rings. The molecule has 212 valence electrons. The predicted octanol–water partition coefficient (Wildman–Crippen LogP) is 6.05. The molecule has 0 aliphatic heterocycles. The Hall–Kier alpha value is -3.07. The van der Waals surface area contributed by atoms with Gasteiger partial charge in [0.05, 0.1) is 10.6 Å². The first-order valence-corrected chi connectivity index (χ1v) is 15.5. The van der Waals surface area contributed by atoms with Crippen LogP contribution in [-0.4, -0.2) is 43.8 Å². The van der Waals surface area contributed by atoms with Crippen LogP contribution in [0.3, 0.4) is 0 Å². The van der Waals surface area contributed by atoms with Gasteiger partial charge >= 0.3 is 0 Å². The molecule has 0 aromatic heterocycles. The molecule has 10 heteroatoms. The largest absolute Gasteiger partial charge is 0.352 e. The minimum atomic E-state index is -4.11. The molecular weight excluding hydrogens is 569 g/mol.